The number of nitrogens with one attached hydrogen (secondary N) is 2. The second-order valence-corrected chi connectivity index (χ2v) is 9.12. The molecule has 0 spiro atoms. The second-order valence-electron chi connectivity index (χ2n) is 7.40. The molecular formula is C24H25N3O5S. The third kappa shape index (κ3) is 7.16. The van der Waals surface area contributed by atoms with Crippen LogP contribution in [0.5, 0.6) is 5.75 Å². The number of hydrogen-bond donors (Lipinski definition) is 3. The van der Waals surface area contributed by atoms with E-state index in [1.165, 1.54) is 24.3 Å². The van der Waals surface area contributed by atoms with Crippen LogP contribution in [0.1, 0.15) is 24.1 Å². The van der Waals surface area contributed by atoms with Crippen molar-refractivity contribution in [1.82, 2.24) is 4.72 Å². The van der Waals surface area contributed by atoms with Crippen LogP contribution in [0.15, 0.2) is 83.8 Å². The Hall–Kier alpha value is -3.69. The number of carbonyl (C=O) groups excluding carboxylic acids is 2. The van der Waals surface area contributed by atoms with Crippen molar-refractivity contribution in [2.75, 3.05) is 11.9 Å². The number of anilines is 1. The van der Waals surface area contributed by atoms with Crippen LogP contribution in [-0.2, 0) is 26.0 Å². The molecule has 0 saturated heterocycles. The largest absolute Gasteiger partial charge is 0.484 e. The van der Waals surface area contributed by atoms with E-state index in [1.54, 1.807) is 31.2 Å². The van der Waals surface area contributed by atoms with Crippen molar-refractivity contribution in [3.05, 3.63) is 90.0 Å². The molecule has 0 radical (unpaired) electrons. The van der Waals surface area contributed by atoms with Gasteiger partial charge in [-0.05, 0) is 54.4 Å². The summed E-state index contributed by atoms with van der Waals surface area (Å²) >= 11 is 0. The van der Waals surface area contributed by atoms with Crippen molar-refractivity contribution in [3.8, 4) is 5.75 Å². The maximum Gasteiger partial charge on any atom is 0.262 e. The van der Waals surface area contributed by atoms with Gasteiger partial charge in [-0.15, -0.1) is 0 Å². The van der Waals surface area contributed by atoms with E-state index in [-0.39, 0.29) is 29.9 Å². The summed E-state index contributed by atoms with van der Waals surface area (Å²) < 4.78 is 33.4. The normalized spacial score (nSPS) is 12.0. The first-order valence-electron chi connectivity index (χ1n) is 10.2. The van der Waals surface area contributed by atoms with Crippen molar-refractivity contribution >= 4 is 27.5 Å². The average Bonchev–Trinajstić information content (AvgIpc) is 2.79. The number of benzene rings is 3. The van der Waals surface area contributed by atoms with Gasteiger partial charge in [0, 0.05) is 11.7 Å². The highest BCUT2D eigenvalue weighted by atomic mass is 32.2. The predicted octanol–water partition coefficient (Wildman–Crippen LogP) is 2.77. The summed E-state index contributed by atoms with van der Waals surface area (Å²) in [6.45, 7) is 1.52. The summed E-state index contributed by atoms with van der Waals surface area (Å²) in [5.74, 6) is -0.454. The van der Waals surface area contributed by atoms with Crippen molar-refractivity contribution in [1.29, 1.82) is 0 Å². The van der Waals surface area contributed by atoms with E-state index in [2.05, 4.69) is 10.0 Å². The Bertz CT molecular complexity index is 1200. The molecule has 0 bridgehead atoms. The Morgan fingerprint density at radius 2 is 1.58 bits per heavy atom. The Kier molecular flexibility index (Phi) is 7.81. The summed E-state index contributed by atoms with van der Waals surface area (Å²) in [6, 6.07) is 21.4. The van der Waals surface area contributed by atoms with Crippen molar-refractivity contribution in [3.63, 3.8) is 0 Å². The van der Waals surface area contributed by atoms with Gasteiger partial charge in [-0.1, -0.05) is 42.5 Å². The molecule has 33 heavy (non-hydrogen) atoms. The third-order valence-corrected chi connectivity index (χ3v) is 6.31. The SMILES string of the molecule is C[C@@H](NS(=O)(=O)c1ccc(OCC(=O)Nc2ccc(CC(N)=O)cc2)cc1)c1ccccc1. The lowest BCUT2D eigenvalue weighted by molar-refractivity contribution is -0.118. The molecule has 0 aromatic heterocycles. The number of ether oxygens (including phenoxy) is 1. The molecule has 2 amide bonds. The van der Waals surface area contributed by atoms with Gasteiger partial charge in [0.05, 0.1) is 11.3 Å². The first kappa shape index (κ1) is 24.0. The fourth-order valence-corrected chi connectivity index (χ4v) is 4.31. The molecule has 0 aliphatic carbocycles. The van der Waals surface area contributed by atoms with Crippen LogP contribution < -0.4 is 20.5 Å². The molecule has 0 fully saturated rings. The highest BCUT2D eigenvalue weighted by Crippen LogP contribution is 2.19. The quantitative estimate of drug-likeness (QED) is 0.422. The molecule has 0 aliphatic rings. The molecule has 3 rings (SSSR count). The van der Waals surface area contributed by atoms with Crippen molar-refractivity contribution in [2.24, 2.45) is 5.73 Å². The number of sulfonamides is 1. The van der Waals surface area contributed by atoms with Crippen LogP contribution in [-0.4, -0.2) is 26.8 Å². The van der Waals surface area contributed by atoms with E-state index in [9.17, 15) is 18.0 Å². The van der Waals surface area contributed by atoms with Gasteiger partial charge in [-0.2, -0.15) is 0 Å². The van der Waals surface area contributed by atoms with E-state index in [0.29, 0.717) is 11.4 Å². The van der Waals surface area contributed by atoms with E-state index in [1.807, 2.05) is 30.3 Å². The monoisotopic (exact) mass is 467 g/mol. The van der Waals surface area contributed by atoms with Gasteiger partial charge >= 0.3 is 0 Å². The molecule has 172 valence electrons. The van der Waals surface area contributed by atoms with Gasteiger partial charge in [-0.25, -0.2) is 13.1 Å². The van der Waals surface area contributed by atoms with E-state index < -0.39 is 15.9 Å². The van der Waals surface area contributed by atoms with Gasteiger partial charge in [0.15, 0.2) is 6.61 Å². The number of primary amides is 1. The molecule has 0 heterocycles. The number of carbonyl (C=O) groups is 2. The molecule has 3 aromatic rings. The average molecular weight is 468 g/mol. The van der Waals surface area contributed by atoms with Crippen LogP contribution in [0, 0.1) is 0 Å². The van der Waals surface area contributed by atoms with Gasteiger partial charge in [0.2, 0.25) is 15.9 Å². The lowest BCUT2D eigenvalue weighted by Gasteiger charge is -2.15. The summed E-state index contributed by atoms with van der Waals surface area (Å²) in [5, 5.41) is 2.68. The molecule has 0 saturated carbocycles. The molecule has 0 unspecified atom stereocenters. The molecule has 9 heteroatoms. The number of rotatable bonds is 10. The minimum Gasteiger partial charge on any atom is -0.484 e. The Balaban J connectivity index is 1.52. The van der Waals surface area contributed by atoms with Crippen LogP contribution in [0.4, 0.5) is 5.69 Å². The third-order valence-electron chi connectivity index (χ3n) is 4.75. The van der Waals surface area contributed by atoms with Crippen LogP contribution in [0.3, 0.4) is 0 Å². The molecule has 3 aromatic carbocycles. The summed E-state index contributed by atoms with van der Waals surface area (Å²) in [4.78, 5) is 23.1. The zero-order valence-electron chi connectivity index (χ0n) is 18.0. The number of hydrogen-bond acceptors (Lipinski definition) is 5. The molecule has 0 aliphatic heterocycles. The first-order chi connectivity index (χ1) is 15.7. The second kappa shape index (κ2) is 10.8. The van der Waals surface area contributed by atoms with Gasteiger partial charge in [0.25, 0.3) is 5.91 Å². The highest BCUT2D eigenvalue weighted by molar-refractivity contribution is 7.89. The summed E-state index contributed by atoms with van der Waals surface area (Å²) in [7, 11) is -3.72. The zero-order valence-corrected chi connectivity index (χ0v) is 18.8. The fraction of sp³-hybridized carbons (Fsp3) is 0.167. The van der Waals surface area contributed by atoms with Crippen LogP contribution in [0.25, 0.3) is 0 Å². The lowest BCUT2D eigenvalue weighted by Crippen LogP contribution is -2.26. The van der Waals surface area contributed by atoms with Crippen molar-refractivity contribution < 1.29 is 22.7 Å². The molecule has 4 N–H and O–H groups in total. The Morgan fingerprint density at radius 3 is 2.18 bits per heavy atom. The summed E-state index contributed by atoms with van der Waals surface area (Å²) in [5.41, 5.74) is 7.31. The molecule has 1 atom stereocenters. The van der Waals surface area contributed by atoms with E-state index in [0.717, 1.165) is 11.1 Å². The molecule has 8 nitrogen and oxygen atoms in total. The van der Waals surface area contributed by atoms with Gasteiger partial charge in [0.1, 0.15) is 5.75 Å². The highest BCUT2D eigenvalue weighted by Gasteiger charge is 2.18. The van der Waals surface area contributed by atoms with Crippen LogP contribution >= 0.6 is 0 Å². The minimum absolute atomic E-state index is 0.0955. The minimum atomic E-state index is -3.72. The maximum absolute atomic E-state index is 12.6. The van der Waals surface area contributed by atoms with Gasteiger partial charge < -0.3 is 15.8 Å². The topological polar surface area (TPSA) is 128 Å². The van der Waals surface area contributed by atoms with Crippen LogP contribution in [0.2, 0.25) is 0 Å². The first-order valence-corrected chi connectivity index (χ1v) is 11.7. The predicted molar refractivity (Wildman–Crippen MR) is 125 cm³/mol. The lowest BCUT2D eigenvalue weighted by atomic mass is 10.1. The van der Waals surface area contributed by atoms with Gasteiger partial charge in [-0.3, -0.25) is 9.59 Å². The number of nitrogens with two attached hydrogens (primary N) is 1. The standard InChI is InChI=1S/C24H25N3O5S/c1-17(19-5-3-2-4-6-19)27-33(30,31)22-13-11-21(12-14-22)32-16-24(29)26-20-9-7-18(8-10-20)15-23(25)28/h2-14,17,27H,15-16H2,1H3,(H2,25,28)(H,26,29)/t17-/m1/s1. The van der Waals surface area contributed by atoms with E-state index >= 15 is 0 Å². The smallest absolute Gasteiger partial charge is 0.262 e. The maximum atomic E-state index is 12.6. The number of amides is 2. The molecular weight excluding hydrogens is 442 g/mol. The Labute approximate surface area is 192 Å². The fourth-order valence-electron chi connectivity index (χ4n) is 3.08. The van der Waals surface area contributed by atoms with Crippen molar-refractivity contribution in [2.45, 2.75) is 24.3 Å². The summed E-state index contributed by atoms with van der Waals surface area (Å²) in [6.07, 6.45) is 0.129. The van der Waals surface area contributed by atoms with E-state index in [4.69, 9.17) is 10.5 Å². The Morgan fingerprint density at radius 1 is 0.939 bits per heavy atom. The zero-order chi connectivity index (χ0) is 23.8.